The van der Waals surface area contributed by atoms with Gasteiger partial charge in [-0.25, -0.2) is 9.97 Å². The second-order valence-corrected chi connectivity index (χ2v) is 6.32. The molecule has 2 aromatic heterocycles. The predicted octanol–water partition coefficient (Wildman–Crippen LogP) is 4.30. The number of aromatic nitrogens is 2. The van der Waals surface area contributed by atoms with Crippen molar-refractivity contribution in [1.29, 1.82) is 0 Å². The van der Waals surface area contributed by atoms with Crippen LogP contribution >= 0.6 is 11.3 Å². The van der Waals surface area contributed by atoms with Gasteiger partial charge < -0.3 is 5.32 Å². The highest BCUT2D eigenvalue weighted by Crippen LogP contribution is 2.27. The molecule has 100 valence electrons. The second kappa shape index (κ2) is 5.70. The molecule has 0 spiro atoms. The molecule has 1 aliphatic carbocycles. The Hall–Kier alpha value is -1.42. The summed E-state index contributed by atoms with van der Waals surface area (Å²) < 4.78 is 0. The smallest absolute Gasteiger partial charge is 0.138 e. The molecule has 3 rings (SSSR count). The molecule has 0 aromatic carbocycles. The lowest BCUT2D eigenvalue weighted by molar-refractivity contribution is 0.679. The van der Waals surface area contributed by atoms with Crippen LogP contribution in [0.4, 0.5) is 5.82 Å². The van der Waals surface area contributed by atoms with E-state index in [0.29, 0.717) is 0 Å². The van der Waals surface area contributed by atoms with E-state index in [9.17, 15) is 0 Å². The molecule has 0 saturated heterocycles. The van der Waals surface area contributed by atoms with Crippen LogP contribution in [0.25, 0.3) is 10.2 Å². The highest BCUT2D eigenvalue weighted by atomic mass is 32.1. The van der Waals surface area contributed by atoms with Crippen molar-refractivity contribution in [3.8, 4) is 0 Å². The summed E-state index contributed by atoms with van der Waals surface area (Å²) in [6.07, 6.45) is 10.4. The maximum Gasteiger partial charge on any atom is 0.138 e. The zero-order chi connectivity index (χ0) is 13.1. The molecule has 0 amide bonds. The molecule has 2 aromatic rings. The minimum atomic E-state index is 0.965. The molecule has 0 fully saturated rings. The number of fused-ring (bicyclic) bond motifs is 1. The Balaban J connectivity index is 1.66. The molecule has 4 heteroatoms. The largest absolute Gasteiger partial charge is 0.369 e. The Bertz CT molecular complexity index is 600. The van der Waals surface area contributed by atoms with Crippen LogP contribution in [0.3, 0.4) is 0 Å². The monoisotopic (exact) mass is 273 g/mol. The molecule has 19 heavy (non-hydrogen) atoms. The predicted molar refractivity (Wildman–Crippen MR) is 81.8 cm³/mol. The zero-order valence-corrected chi connectivity index (χ0v) is 12.1. The number of aryl methyl sites for hydroxylation is 1. The van der Waals surface area contributed by atoms with Crippen LogP contribution in [-0.4, -0.2) is 16.5 Å². The molecule has 0 saturated carbocycles. The Morgan fingerprint density at radius 1 is 1.32 bits per heavy atom. The first-order chi connectivity index (χ1) is 9.33. The first-order valence-corrected chi connectivity index (χ1v) is 7.77. The number of nitrogens with zero attached hydrogens (tertiary/aromatic N) is 2. The molecule has 1 aliphatic rings. The van der Waals surface area contributed by atoms with Crippen LogP contribution < -0.4 is 5.32 Å². The number of hydrogen-bond donors (Lipinski definition) is 1. The number of nitrogens with one attached hydrogen (secondary N) is 1. The summed E-state index contributed by atoms with van der Waals surface area (Å²) in [5, 5.41) is 4.62. The van der Waals surface area contributed by atoms with Crippen molar-refractivity contribution in [2.45, 2.75) is 39.0 Å². The van der Waals surface area contributed by atoms with Gasteiger partial charge in [-0.3, -0.25) is 0 Å². The fourth-order valence-electron chi connectivity index (χ4n) is 2.59. The Kier molecular flexibility index (Phi) is 3.78. The molecule has 0 bridgehead atoms. The third-order valence-corrected chi connectivity index (χ3v) is 4.53. The number of thiophene rings is 1. The Morgan fingerprint density at radius 2 is 2.26 bits per heavy atom. The van der Waals surface area contributed by atoms with Crippen molar-refractivity contribution in [1.82, 2.24) is 9.97 Å². The average Bonchev–Trinajstić information content (AvgIpc) is 2.81. The third-order valence-electron chi connectivity index (χ3n) is 3.58. The molecule has 0 atom stereocenters. The van der Waals surface area contributed by atoms with Gasteiger partial charge in [0.1, 0.15) is 17.0 Å². The van der Waals surface area contributed by atoms with Crippen molar-refractivity contribution >= 4 is 27.4 Å². The topological polar surface area (TPSA) is 37.8 Å². The summed E-state index contributed by atoms with van der Waals surface area (Å²) in [6, 6.07) is 2.17. The highest BCUT2D eigenvalue weighted by Gasteiger charge is 2.07. The van der Waals surface area contributed by atoms with Gasteiger partial charge in [-0.15, -0.1) is 11.3 Å². The van der Waals surface area contributed by atoms with Gasteiger partial charge in [0.15, 0.2) is 0 Å². The maximum absolute atomic E-state index is 4.37. The van der Waals surface area contributed by atoms with E-state index in [0.717, 1.165) is 29.0 Å². The standard InChI is InChI=1S/C15H19N3S/c1-11-9-13-14(17-10-18-15(13)19-11)16-8-7-12-5-3-2-4-6-12/h5,9-10H,2-4,6-8H2,1H3,(H,16,17,18). The van der Waals surface area contributed by atoms with Gasteiger partial charge >= 0.3 is 0 Å². The minimum absolute atomic E-state index is 0.965. The van der Waals surface area contributed by atoms with E-state index in [-0.39, 0.29) is 0 Å². The molecular weight excluding hydrogens is 254 g/mol. The van der Waals surface area contributed by atoms with E-state index in [1.807, 2.05) is 0 Å². The fourth-order valence-corrected chi connectivity index (χ4v) is 3.44. The van der Waals surface area contributed by atoms with Crippen LogP contribution in [0.15, 0.2) is 24.0 Å². The van der Waals surface area contributed by atoms with E-state index < -0.39 is 0 Å². The molecular formula is C15H19N3S. The van der Waals surface area contributed by atoms with E-state index in [1.54, 1.807) is 23.2 Å². The van der Waals surface area contributed by atoms with Gasteiger partial charge in [-0.2, -0.15) is 0 Å². The summed E-state index contributed by atoms with van der Waals surface area (Å²) in [4.78, 5) is 11.0. The van der Waals surface area contributed by atoms with Crippen LogP contribution in [0.2, 0.25) is 0 Å². The lowest BCUT2D eigenvalue weighted by atomic mass is 9.97. The fraction of sp³-hybridized carbons (Fsp3) is 0.467. The van der Waals surface area contributed by atoms with Gasteiger partial charge in [0.25, 0.3) is 0 Å². The molecule has 0 aliphatic heterocycles. The van der Waals surface area contributed by atoms with Crippen LogP contribution in [0.5, 0.6) is 0 Å². The first kappa shape index (κ1) is 12.6. The number of allylic oxidation sites excluding steroid dienone is 1. The number of hydrogen-bond acceptors (Lipinski definition) is 4. The molecule has 2 heterocycles. The number of rotatable bonds is 4. The van der Waals surface area contributed by atoms with E-state index in [2.05, 4.69) is 34.4 Å². The summed E-state index contributed by atoms with van der Waals surface area (Å²) in [7, 11) is 0. The molecule has 1 N–H and O–H groups in total. The Morgan fingerprint density at radius 3 is 3.11 bits per heavy atom. The van der Waals surface area contributed by atoms with Crippen LogP contribution in [0.1, 0.15) is 37.0 Å². The van der Waals surface area contributed by atoms with Gasteiger partial charge in [-0.05, 0) is 45.1 Å². The normalized spacial score (nSPS) is 15.5. The van der Waals surface area contributed by atoms with Gasteiger partial charge in [0.05, 0.1) is 5.39 Å². The lowest BCUT2D eigenvalue weighted by Crippen LogP contribution is -2.06. The quantitative estimate of drug-likeness (QED) is 0.844. The second-order valence-electron chi connectivity index (χ2n) is 5.08. The minimum Gasteiger partial charge on any atom is -0.369 e. The third kappa shape index (κ3) is 2.95. The van der Waals surface area contributed by atoms with E-state index >= 15 is 0 Å². The molecule has 0 unspecified atom stereocenters. The van der Waals surface area contributed by atoms with Crippen molar-refractivity contribution in [2.24, 2.45) is 0 Å². The molecule has 3 nitrogen and oxygen atoms in total. The van der Waals surface area contributed by atoms with Crippen LogP contribution in [-0.2, 0) is 0 Å². The van der Waals surface area contributed by atoms with Gasteiger partial charge in [0.2, 0.25) is 0 Å². The van der Waals surface area contributed by atoms with E-state index in [1.165, 1.54) is 30.6 Å². The average molecular weight is 273 g/mol. The highest BCUT2D eigenvalue weighted by molar-refractivity contribution is 7.18. The van der Waals surface area contributed by atoms with Crippen molar-refractivity contribution < 1.29 is 0 Å². The van der Waals surface area contributed by atoms with Gasteiger partial charge in [0, 0.05) is 11.4 Å². The zero-order valence-electron chi connectivity index (χ0n) is 11.3. The summed E-state index contributed by atoms with van der Waals surface area (Å²) >= 11 is 1.73. The Labute approximate surface area is 117 Å². The maximum atomic E-state index is 4.37. The number of anilines is 1. The van der Waals surface area contributed by atoms with Gasteiger partial charge in [-0.1, -0.05) is 11.6 Å². The van der Waals surface area contributed by atoms with Crippen molar-refractivity contribution in [3.05, 3.63) is 28.9 Å². The van der Waals surface area contributed by atoms with E-state index in [4.69, 9.17) is 0 Å². The lowest BCUT2D eigenvalue weighted by Gasteiger charge is -2.13. The first-order valence-electron chi connectivity index (χ1n) is 6.96. The summed E-state index contributed by atoms with van der Waals surface area (Å²) in [5.74, 6) is 0.978. The SMILES string of the molecule is Cc1cc2c(NCCC3=CCCCC3)ncnc2s1. The summed E-state index contributed by atoms with van der Waals surface area (Å²) in [6.45, 7) is 3.08. The van der Waals surface area contributed by atoms with Crippen molar-refractivity contribution in [2.75, 3.05) is 11.9 Å². The molecule has 0 radical (unpaired) electrons. The summed E-state index contributed by atoms with van der Waals surface area (Å²) in [5.41, 5.74) is 1.60. The van der Waals surface area contributed by atoms with Crippen molar-refractivity contribution in [3.63, 3.8) is 0 Å². The van der Waals surface area contributed by atoms with Crippen LogP contribution in [0, 0.1) is 6.92 Å².